The molecule has 0 unspecified atom stereocenters. The van der Waals surface area contributed by atoms with Crippen LogP contribution in [0.1, 0.15) is 43.9 Å². The Morgan fingerprint density at radius 1 is 1.07 bits per heavy atom. The second-order valence-corrected chi connectivity index (χ2v) is 8.20. The van der Waals surface area contributed by atoms with E-state index in [-0.39, 0.29) is 30.8 Å². The zero-order valence-corrected chi connectivity index (χ0v) is 18.8. The molecule has 2 rings (SSSR count). The normalized spacial score (nSPS) is 12.9. The molecule has 2 amide bonds. The van der Waals surface area contributed by atoms with Crippen LogP contribution < -0.4 is 5.32 Å². The van der Waals surface area contributed by atoms with Crippen molar-refractivity contribution in [1.29, 1.82) is 0 Å². The lowest BCUT2D eigenvalue weighted by atomic mass is 10.1. The Kier molecular flexibility index (Phi) is 8.54. The minimum Gasteiger partial charge on any atom is -0.352 e. The summed E-state index contributed by atoms with van der Waals surface area (Å²) in [7, 11) is 0. The zero-order valence-electron chi connectivity index (χ0n) is 17.3. The van der Waals surface area contributed by atoms with E-state index in [0.29, 0.717) is 15.6 Å². The third-order valence-electron chi connectivity index (χ3n) is 5.00. The fourth-order valence-corrected chi connectivity index (χ4v) is 3.52. The zero-order chi connectivity index (χ0) is 21.6. The van der Waals surface area contributed by atoms with Crippen LogP contribution >= 0.6 is 23.2 Å². The maximum absolute atomic E-state index is 13.2. The van der Waals surface area contributed by atoms with Crippen molar-refractivity contribution < 1.29 is 9.59 Å². The van der Waals surface area contributed by atoms with Crippen molar-refractivity contribution in [3.05, 3.63) is 69.2 Å². The number of hydrogen-bond acceptors (Lipinski definition) is 2. The fraction of sp³-hybridized carbons (Fsp3) is 0.391. The van der Waals surface area contributed by atoms with Crippen LogP contribution in [-0.2, 0) is 22.6 Å². The smallest absolute Gasteiger partial charge is 0.242 e. The van der Waals surface area contributed by atoms with E-state index in [9.17, 15) is 9.59 Å². The highest BCUT2D eigenvalue weighted by molar-refractivity contribution is 6.36. The Hall–Kier alpha value is -2.04. The molecule has 0 aliphatic carbocycles. The predicted octanol–water partition coefficient (Wildman–Crippen LogP) is 5.18. The number of aryl methyl sites for hydroxylation is 1. The van der Waals surface area contributed by atoms with Gasteiger partial charge >= 0.3 is 0 Å². The van der Waals surface area contributed by atoms with Gasteiger partial charge in [0.1, 0.15) is 6.04 Å². The lowest BCUT2D eigenvalue weighted by molar-refractivity contribution is -0.140. The summed E-state index contributed by atoms with van der Waals surface area (Å²) in [6.07, 6.45) is 1.01. The molecule has 0 bridgehead atoms. The number of halogens is 2. The van der Waals surface area contributed by atoms with Gasteiger partial charge in [-0.15, -0.1) is 0 Å². The van der Waals surface area contributed by atoms with Crippen LogP contribution in [0.2, 0.25) is 10.0 Å². The molecule has 0 spiro atoms. The molecule has 1 N–H and O–H groups in total. The summed E-state index contributed by atoms with van der Waals surface area (Å²) in [6.45, 7) is 7.82. The van der Waals surface area contributed by atoms with Crippen LogP contribution in [0, 0.1) is 6.92 Å². The van der Waals surface area contributed by atoms with E-state index >= 15 is 0 Å². The van der Waals surface area contributed by atoms with Gasteiger partial charge in [0.05, 0.1) is 6.42 Å². The molecule has 0 aliphatic heterocycles. The molecular weight excluding hydrogens is 407 g/mol. The predicted molar refractivity (Wildman–Crippen MR) is 119 cm³/mol. The molecule has 0 aromatic heterocycles. The first kappa shape index (κ1) is 23.2. The number of nitrogens with zero attached hydrogens (tertiary/aromatic N) is 1. The SMILES string of the molecule is CC[C@@H](C)NC(=O)[C@@H](C)N(Cc1c(Cl)cccc1Cl)C(=O)Cc1cccc(C)c1. The van der Waals surface area contributed by atoms with Crippen molar-refractivity contribution in [3.8, 4) is 0 Å². The molecule has 156 valence electrons. The summed E-state index contributed by atoms with van der Waals surface area (Å²) in [6, 6.07) is 12.4. The van der Waals surface area contributed by atoms with Crippen molar-refractivity contribution in [2.75, 3.05) is 0 Å². The largest absolute Gasteiger partial charge is 0.352 e. The highest BCUT2D eigenvalue weighted by atomic mass is 35.5. The van der Waals surface area contributed by atoms with Crippen molar-refractivity contribution in [1.82, 2.24) is 10.2 Å². The van der Waals surface area contributed by atoms with E-state index in [1.165, 1.54) is 0 Å². The number of rotatable bonds is 8. The standard InChI is InChI=1S/C23H28Cl2N2O2/c1-5-16(3)26-23(29)17(4)27(14-19-20(24)10-7-11-21(19)25)22(28)13-18-9-6-8-15(2)12-18/h6-12,16-17H,5,13-14H2,1-4H3,(H,26,29)/t16-,17-/m1/s1. The number of amides is 2. The van der Waals surface area contributed by atoms with Crippen LogP contribution in [-0.4, -0.2) is 28.8 Å². The second-order valence-electron chi connectivity index (χ2n) is 7.38. The Labute approximate surface area is 183 Å². The van der Waals surface area contributed by atoms with Crippen molar-refractivity contribution in [2.24, 2.45) is 0 Å². The van der Waals surface area contributed by atoms with Crippen LogP contribution in [0.15, 0.2) is 42.5 Å². The average molecular weight is 435 g/mol. The van der Waals surface area contributed by atoms with Crippen molar-refractivity contribution >= 4 is 35.0 Å². The molecule has 2 atom stereocenters. The lowest BCUT2D eigenvalue weighted by Crippen LogP contribution is -2.50. The lowest BCUT2D eigenvalue weighted by Gasteiger charge is -2.30. The molecule has 0 heterocycles. The number of carbonyl (C=O) groups excluding carboxylic acids is 2. The maximum atomic E-state index is 13.2. The molecule has 0 saturated heterocycles. The molecule has 6 heteroatoms. The average Bonchev–Trinajstić information content (AvgIpc) is 2.67. The minimum absolute atomic E-state index is 0.0302. The molecule has 4 nitrogen and oxygen atoms in total. The third kappa shape index (κ3) is 6.48. The second kappa shape index (κ2) is 10.7. The first-order valence-corrected chi connectivity index (χ1v) is 10.6. The molecule has 2 aromatic carbocycles. The van der Waals surface area contributed by atoms with Crippen molar-refractivity contribution in [2.45, 2.75) is 59.2 Å². The quantitative estimate of drug-likeness (QED) is 0.622. The fourth-order valence-electron chi connectivity index (χ4n) is 3.00. The van der Waals surface area contributed by atoms with Gasteiger partial charge in [0.15, 0.2) is 0 Å². The van der Waals surface area contributed by atoms with E-state index in [0.717, 1.165) is 17.5 Å². The van der Waals surface area contributed by atoms with E-state index < -0.39 is 6.04 Å². The van der Waals surface area contributed by atoms with E-state index in [2.05, 4.69) is 5.32 Å². The summed E-state index contributed by atoms with van der Waals surface area (Å²) in [5.74, 6) is -0.349. The summed E-state index contributed by atoms with van der Waals surface area (Å²) >= 11 is 12.7. The van der Waals surface area contributed by atoms with E-state index in [1.54, 1.807) is 30.0 Å². The van der Waals surface area contributed by atoms with Crippen LogP contribution in [0.4, 0.5) is 0 Å². The van der Waals surface area contributed by atoms with Gasteiger partial charge in [0.2, 0.25) is 11.8 Å². The molecule has 0 radical (unpaired) electrons. The Morgan fingerprint density at radius 3 is 2.28 bits per heavy atom. The van der Waals surface area contributed by atoms with Crippen LogP contribution in [0.5, 0.6) is 0 Å². The van der Waals surface area contributed by atoms with Gasteiger partial charge in [-0.2, -0.15) is 0 Å². The van der Waals surface area contributed by atoms with Gasteiger partial charge in [-0.25, -0.2) is 0 Å². The highest BCUT2D eigenvalue weighted by Crippen LogP contribution is 2.27. The van der Waals surface area contributed by atoms with Gasteiger partial charge < -0.3 is 10.2 Å². The summed E-state index contributed by atoms with van der Waals surface area (Å²) < 4.78 is 0. The van der Waals surface area contributed by atoms with Crippen molar-refractivity contribution in [3.63, 3.8) is 0 Å². The van der Waals surface area contributed by atoms with E-state index in [1.807, 2.05) is 45.0 Å². The highest BCUT2D eigenvalue weighted by Gasteiger charge is 2.28. The number of benzene rings is 2. The summed E-state index contributed by atoms with van der Waals surface area (Å²) in [4.78, 5) is 27.5. The van der Waals surface area contributed by atoms with Crippen LogP contribution in [0.25, 0.3) is 0 Å². The third-order valence-corrected chi connectivity index (χ3v) is 5.70. The summed E-state index contributed by atoms with van der Waals surface area (Å²) in [5, 5.41) is 3.90. The molecule has 29 heavy (non-hydrogen) atoms. The van der Waals surface area contributed by atoms with Crippen LogP contribution in [0.3, 0.4) is 0 Å². The molecule has 0 saturated carbocycles. The number of hydrogen-bond donors (Lipinski definition) is 1. The Bertz CT molecular complexity index is 849. The first-order valence-electron chi connectivity index (χ1n) is 9.81. The Morgan fingerprint density at radius 2 is 1.69 bits per heavy atom. The number of carbonyl (C=O) groups is 2. The molecule has 0 fully saturated rings. The van der Waals surface area contributed by atoms with Gasteiger partial charge in [0, 0.05) is 28.2 Å². The Balaban J connectivity index is 2.31. The van der Waals surface area contributed by atoms with Gasteiger partial charge in [-0.3, -0.25) is 9.59 Å². The van der Waals surface area contributed by atoms with Gasteiger partial charge in [0.25, 0.3) is 0 Å². The van der Waals surface area contributed by atoms with Gasteiger partial charge in [-0.05, 0) is 44.9 Å². The number of nitrogens with one attached hydrogen (secondary N) is 1. The molecular formula is C23H28Cl2N2O2. The minimum atomic E-state index is -0.659. The monoisotopic (exact) mass is 434 g/mol. The first-order chi connectivity index (χ1) is 13.7. The van der Waals surface area contributed by atoms with Gasteiger partial charge in [-0.1, -0.05) is 66.0 Å². The molecule has 0 aliphatic rings. The summed E-state index contributed by atoms with van der Waals surface area (Å²) in [5.41, 5.74) is 2.62. The maximum Gasteiger partial charge on any atom is 0.242 e. The van der Waals surface area contributed by atoms with E-state index in [4.69, 9.17) is 23.2 Å². The topological polar surface area (TPSA) is 49.4 Å². The molecule has 2 aromatic rings.